The first kappa shape index (κ1) is 21.6. The summed E-state index contributed by atoms with van der Waals surface area (Å²) in [6.45, 7) is 2.89. The summed E-state index contributed by atoms with van der Waals surface area (Å²) < 4.78 is 40.6. The Morgan fingerprint density at radius 2 is 1.78 bits per heavy atom. The Labute approximate surface area is 136 Å². The molecule has 136 valence electrons. The molecule has 0 N–H and O–H groups in total. The number of esters is 1. The van der Waals surface area contributed by atoms with E-state index in [1.165, 1.54) is 12.0 Å². The van der Waals surface area contributed by atoms with Gasteiger partial charge in [0.25, 0.3) is 10.1 Å². The molecule has 0 fully saturated rings. The fourth-order valence-electron chi connectivity index (χ4n) is 1.54. The number of amides is 1. The Kier molecular flexibility index (Phi) is 11.4. The van der Waals surface area contributed by atoms with Gasteiger partial charge in [0.05, 0.1) is 39.6 Å². The van der Waals surface area contributed by atoms with Crippen LogP contribution < -0.4 is 0 Å². The van der Waals surface area contributed by atoms with Crippen LogP contribution in [0.3, 0.4) is 0 Å². The molecule has 0 aliphatic heterocycles. The fraction of sp³-hybridized carbons (Fsp3) is 0.846. The lowest BCUT2D eigenvalue weighted by molar-refractivity contribution is -0.140. The van der Waals surface area contributed by atoms with Crippen LogP contribution in [-0.2, 0) is 33.3 Å². The maximum atomic E-state index is 11.7. The molecule has 9 nitrogen and oxygen atoms in total. The average Bonchev–Trinajstić information content (AvgIpc) is 2.47. The molecule has 0 aromatic rings. The first-order valence-electron chi connectivity index (χ1n) is 7.20. The molecule has 0 heterocycles. The molecular weight excluding hydrogens is 330 g/mol. The largest absolute Gasteiger partial charge is 0.469 e. The van der Waals surface area contributed by atoms with E-state index < -0.39 is 22.2 Å². The second-order valence-corrected chi connectivity index (χ2v) is 6.15. The molecule has 1 amide bonds. The zero-order valence-corrected chi connectivity index (χ0v) is 14.6. The summed E-state index contributed by atoms with van der Waals surface area (Å²) >= 11 is 0. The van der Waals surface area contributed by atoms with Gasteiger partial charge in [-0.15, -0.1) is 0 Å². The van der Waals surface area contributed by atoms with E-state index in [2.05, 4.69) is 8.92 Å². The highest BCUT2D eigenvalue weighted by atomic mass is 32.2. The summed E-state index contributed by atoms with van der Waals surface area (Å²) in [5, 5.41) is 0. The van der Waals surface area contributed by atoms with Crippen LogP contribution in [0.2, 0.25) is 0 Å². The van der Waals surface area contributed by atoms with Gasteiger partial charge in [0, 0.05) is 19.7 Å². The third kappa shape index (κ3) is 12.8. The highest BCUT2D eigenvalue weighted by Gasteiger charge is 2.15. The number of nitrogens with zero attached hydrogens (tertiary/aromatic N) is 1. The van der Waals surface area contributed by atoms with E-state index in [1.807, 2.05) is 0 Å². The van der Waals surface area contributed by atoms with Crippen molar-refractivity contribution in [1.29, 1.82) is 0 Å². The average molecular weight is 355 g/mol. The SMILES string of the molecule is CCOC(=O)N(CCCOCCOS(C)(=O)=O)CCC(=O)OC. The Morgan fingerprint density at radius 1 is 1.09 bits per heavy atom. The number of carbonyl (C=O) groups is 2. The van der Waals surface area contributed by atoms with E-state index >= 15 is 0 Å². The number of carbonyl (C=O) groups excluding carboxylic acids is 2. The van der Waals surface area contributed by atoms with Crippen molar-refractivity contribution in [3.63, 3.8) is 0 Å². The van der Waals surface area contributed by atoms with Gasteiger partial charge in [-0.05, 0) is 13.3 Å². The van der Waals surface area contributed by atoms with Gasteiger partial charge in [-0.25, -0.2) is 4.79 Å². The van der Waals surface area contributed by atoms with Crippen molar-refractivity contribution < 1.29 is 36.4 Å². The molecule has 10 heteroatoms. The van der Waals surface area contributed by atoms with Crippen LogP contribution in [-0.4, -0.2) is 78.3 Å². The quantitative estimate of drug-likeness (QED) is 0.281. The summed E-state index contributed by atoms with van der Waals surface area (Å²) in [7, 11) is -2.18. The molecule has 0 rings (SSSR count). The fourth-order valence-corrected chi connectivity index (χ4v) is 1.91. The molecule has 0 aromatic carbocycles. The summed E-state index contributed by atoms with van der Waals surface area (Å²) in [4.78, 5) is 24.3. The van der Waals surface area contributed by atoms with Crippen molar-refractivity contribution in [2.75, 3.05) is 52.9 Å². The smallest absolute Gasteiger partial charge is 0.409 e. The summed E-state index contributed by atoms with van der Waals surface area (Å²) in [5.41, 5.74) is 0. The predicted octanol–water partition coefficient (Wildman–Crippen LogP) is 0.391. The number of rotatable bonds is 12. The van der Waals surface area contributed by atoms with Gasteiger partial charge in [0.15, 0.2) is 0 Å². The lowest BCUT2D eigenvalue weighted by Gasteiger charge is -2.21. The molecular formula is C13H25NO8S. The van der Waals surface area contributed by atoms with Crippen molar-refractivity contribution in [1.82, 2.24) is 4.90 Å². The Bertz CT molecular complexity index is 451. The van der Waals surface area contributed by atoms with Crippen LogP contribution in [0.25, 0.3) is 0 Å². The van der Waals surface area contributed by atoms with Gasteiger partial charge in [-0.3, -0.25) is 8.98 Å². The van der Waals surface area contributed by atoms with Crippen LogP contribution in [0, 0.1) is 0 Å². The normalized spacial score (nSPS) is 11.1. The van der Waals surface area contributed by atoms with Crippen LogP contribution in [0.5, 0.6) is 0 Å². The molecule has 0 bridgehead atoms. The highest BCUT2D eigenvalue weighted by molar-refractivity contribution is 7.85. The van der Waals surface area contributed by atoms with E-state index in [4.69, 9.17) is 9.47 Å². The van der Waals surface area contributed by atoms with Crippen LogP contribution in [0.4, 0.5) is 4.79 Å². The van der Waals surface area contributed by atoms with Crippen LogP contribution >= 0.6 is 0 Å². The van der Waals surface area contributed by atoms with Gasteiger partial charge < -0.3 is 19.1 Å². The van der Waals surface area contributed by atoms with Crippen molar-refractivity contribution >= 4 is 22.2 Å². The van der Waals surface area contributed by atoms with Gasteiger partial charge in [0.1, 0.15) is 0 Å². The first-order chi connectivity index (χ1) is 10.8. The van der Waals surface area contributed by atoms with Crippen molar-refractivity contribution in [2.24, 2.45) is 0 Å². The molecule has 0 spiro atoms. The second kappa shape index (κ2) is 12.1. The van der Waals surface area contributed by atoms with Crippen molar-refractivity contribution in [2.45, 2.75) is 19.8 Å². The monoisotopic (exact) mass is 355 g/mol. The minimum atomic E-state index is -3.46. The summed E-state index contributed by atoms with van der Waals surface area (Å²) in [5.74, 6) is -0.409. The molecule has 0 radical (unpaired) electrons. The zero-order chi connectivity index (χ0) is 17.7. The van der Waals surface area contributed by atoms with Crippen molar-refractivity contribution in [3.05, 3.63) is 0 Å². The van der Waals surface area contributed by atoms with Crippen LogP contribution in [0.15, 0.2) is 0 Å². The molecule has 0 aliphatic rings. The van der Waals surface area contributed by atoms with E-state index in [-0.39, 0.29) is 32.8 Å². The molecule has 0 atom stereocenters. The summed E-state index contributed by atoms with van der Waals surface area (Å²) in [6.07, 6.45) is 1.06. The topological polar surface area (TPSA) is 108 Å². The first-order valence-corrected chi connectivity index (χ1v) is 9.02. The predicted molar refractivity (Wildman–Crippen MR) is 81.5 cm³/mol. The van der Waals surface area contributed by atoms with E-state index in [9.17, 15) is 18.0 Å². The number of hydrogen-bond acceptors (Lipinski definition) is 8. The third-order valence-corrected chi connectivity index (χ3v) is 3.18. The third-order valence-electron chi connectivity index (χ3n) is 2.58. The van der Waals surface area contributed by atoms with Gasteiger partial charge in [0.2, 0.25) is 0 Å². The summed E-state index contributed by atoms with van der Waals surface area (Å²) in [6, 6.07) is 0. The maximum Gasteiger partial charge on any atom is 0.409 e. The van der Waals surface area contributed by atoms with Gasteiger partial charge >= 0.3 is 12.1 Å². The highest BCUT2D eigenvalue weighted by Crippen LogP contribution is 2.00. The maximum absolute atomic E-state index is 11.7. The Morgan fingerprint density at radius 3 is 2.35 bits per heavy atom. The minimum absolute atomic E-state index is 0.0528. The molecule has 0 aromatic heterocycles. The van der Waals surface area contributed by atoms with Gasteiger partial charge in [-0.2, -0.15) is 8.42 Å². The zero-order valence-electron chi connectivity index (χ0n) is 13.8. The number of ether oxygens (including phenoxy) is 3. The molecule has 0 saturated heterocycles. The Hall–Kier alpha value is -1.39. The molecule has 0 aliphatic carbocycles. The number of methoxy groups -OCH3 is 1. The number of hydrogen-bond donors (Lipinski definition) is 0. The van der Waals surface area contributed by atoms with E-state index in [0.29, 0.717) is 19.6 Å². The second-order valence-electron chi connectivity index (χ2n) is 4.50. The van der Waals surface area contributed by atoms with Gasteiger partial charge in [-0.1, -0.05) is 0 Å². The molecule has 0 saturated carbocycles. The lowest BCUT2D eigenvalue weighted by atomic mass is 10.3. The standard InChI is InChI=1S/C13H25NO8S/c1-4-21-13(16)14(8-6-12(15)19-2)7-5-9-20-10-11-22-23(3,17)18/h4-11H2,1-3H3. The molecule has 0 unspecified atom stereocenters. The van der Waals surface area contributed by atoms with E-state index in [1.54, 1.807) is 6.92 Å². The van der Waals surface area contributed by atoms with E-state index in [0.717, 1.165) is 6.26 Å². The minimum Gasteiger partial charge on any atom is -0.469 e. The Balaban J connectivity index is 3.99. The van der Waals surface area contributed by atoms with Crippen LogP contribution in [0.1, 0.15) is 19.8 Å². The lowest BCUT2D eigenvalue weighted by Crippen LogP contribution is -2.35. The molecule has 23 heavy (non-hydrogen) atoms. The van der Waals surface area contributed by atoms with Crippen molar-refractivity contribution in [3.8, 4) is 0 Å².